The molecular weight excluding hydrogens is 304 g/mol. The fraction of sp³-hybridized carbons (Fsp3) is 0.417. The van der Waals surface area contributed by atoms with Gasteiger partial charge in [0.15, 0.2) is 0 Å². The van der Waals surface area contributed by atoms with Crippen molar-refractivity contribution in [2.45, 2.75) is 24.8 Å². The van der Waals surface area contributed by atoms with E-state index in [1.54, 1.807) is 6.07 Å². The van der Waals surface area contributed by atoms with E-state index in [-0.39, 0.29) is 23.7 Å². The highest BCUT2D eigenvalue weighted by Gasteiger charge is 2.39. The molecule has 0 aromatic heterocycles. The minimum absolute atomic E-state index is 0.0486. The van der Waals surface area contributed by atoms with Crippen LogP contribution in [0, 0.1) is 5.82 Å². The molecular formula is C12H12ClF2N5O. The smallest absolute Gasteiger partial charge is 0.240 e. The molecule has 2 N–H and O–H groups in total. The highest BCUT2D eigenvalue weighted by Crippen LogP contribution is 2.19. The van der Waals surface area contributed by atoms with Gasteiger partial charge in [-0.3, -0.25) is 4.79 Å². The van der Waals surface area contributed by atoms with Crippen LogP contribution in [0.25, 0.3) is 10.4 Å². The van der Waals surface area contributed by atoms with Gasteiger partial charge in [0.1, 0.15) is 18.0 Å². The van der Waals surface area contributed by atoms with Gasteiger partial charge in [-0.25, -0.2) is 8.78 Å². The molecule has 0 bridgehead atoms. The molecule has 1 amide bonds. The second kappa shape index (κ2) is 6.71. The van der Waals surface area contributed by atoms with Crippen LogP contribution in [-0.4, -0.2) is 30.7 Å². The van der Waals surface area contributed by atoms with E-state index in [0.717, 1.165) is 0 Å². The van der Waals surface area contributed by atoms with E-state index < -0.39 is 30.0 Å². The fourth-order valence-corrected chi connectivity index (χ4v) is 2.27. The molecule has 112 valence electrons. The third-order valence-electron chi connectivity index (χ3n) is 3.20. The van der Waals surface area contributed by atoms with Gasteiger partial charge in [0.2, 0.25) is 5.91 Å². The molecule has 21 heavy (non-hydrogen) atoms. The zero-order valence-electron chi connectivity index (χ0n) is 10.8. The minimum Gasteiger partial charge on any atom is -0.350 e. The number of amides is 1. The summed E-state index contributed by atoms with van der Waals surface area (Å²) in [5.41, 5.74) is 8.49. The van der Waals surface area contributed by atoms with Gasteiger partial charge in [0, 0.05) is 23.6 Å². The second-order valence-corrected chi connectivity index (χ2v) is 4.94. The molecule has 2 rings (SSSR count). The number of carbonyl (C=O) groups is 1. The zero-order valence-corrected chi connectivity index (χ0v) is 11.5. The molecule has 0 radical (unpaired) electrons. The lowest BCUT2D eigenvalue weighted by Crippen LogP contribution is -2.45. The number of benzene rings is 1. The normalized spacial score (nSPS) is 24.4. The Hall–Kier alpha value is -1.89. The number of carbonyl (C=O) groups excluding carboxylic acids is 1. The lowest BCUT2D eigenvalue weighted by molar-refractivity contribution is -0.124. The molecule has 1 aliphatic rings. The molecule has 1 saturated heterocycles. The number of alkyl halides is 1. The van der Waals surface area contributed by atoms with Gasteiger partial charge in [-0.2, -0.15) is 0 Å². The van der Waals surface area contributed by atoms with Crippen LogP contribution in [0.5, 0.6) is 0 Å². The number of azide groups is 1. The Morgan fingerprint density at radius 1 is 1.62 bits per heavy atom. The van der Waals surface area contributed by atoms with E-state index >= 15 is 0 Å². The quantitative estimate of drug-likeness (QED) is 0.506. The van der Waals surface area contributed by atoms with Gasteiger partial charge in [0.05, 0.1) is 11.1 Å². The minimum atomic E-state index is -1.62. The van der Waals surface area contributed by atoms with Crippen LogP contribution >= 0.6 is 11.6 Å². The first-order valence-electron chi connectivity index (χ1n) is 6.17. The van der Waals surface area contributed by atoms with Gasteiger partial charge in [-0.15, -0.1) is 0 Å². The van der Waals surface area contributed by atoms with Crippen LogP contribution in [0.3, 0.4) is 0 Å². The average molecular weight is 316 g/mol. The van der Waals surface area contributed by atoms with E-state index in [2.05, 4.69) is 20.7 Å². The first kappa shape index (κ1) is 15.5. The van der Waals surface area contributed by atoms with E-state index in [4.69, 9.17) is 17.1 Å². The molecule has 1 heterocycles. The van der Waals surface area contributed by atoms with E-state index in [0.29, 0.717) is 0 Å². The molecule has 1 fully saturated rings. The average Bonchev–Trinajstić information content (AvgIpc) is 2.82. The summed E-state index contributed by atoms with van der Waals surface area (Å²) in [7, 11) is 0. The standard InChI is InChI=1S/C12H12ClF2N5O/c13-7-3-1-2-6(9(7)14)4-18-12(21)11-10(15)8(5-17-11)19-20-16/h1-3,8,10-11,17H,4-5H2,(H,18,21)/t8-,10+,11+/m1/s1. The summed E-state index contributed by atoms with van der Waals surface area (Å²) in [6.07, 6.45) is -1.62. The summed E-state index contributed by atoms with van der Waals surface area (Å²) in [6.45, 7) is -0.0306. The van der Waals surface area contributed by atoms with Crippen molar-refractivity contribution >= 4 is 17.5 Å². The third kappa shape index (κ3) is 3.41. The predicted molar refractivity (Wildman–Crippen MR) is 72.9 cm³/mol. The number of rotatable bonds is 4. The van der Waals surface area contributed by atoms with Gasteiger partial charge >= 0.3 is 0 Å². The number of nitrogens with one attached hydrogen (secondary N) is 2. The number of halogens is 3. The Kier molecular flexibility index (Phi) is 4.95. The summed E-state index contributed by atoms with van der Waals surface area (Å²) in [4.78, 5) is 14.4. The van der Waals surface area contributed by atoms with Crippen molar-refractivity contribution in [2.24, 2.45) is 5.11 Å². The van der Waals surface area contributed by atoms with Gasteiger partial charge in [-0.1, -0.05) is 28.8 Å². The topological polar surface area (TPSA) is 89.9 Å². The third-order valence-corrected chi connectivity index (χ3v) is 3.49. The Balaban J connectivity index is 1.96. The molecule has 0 saturated carbocycles. The summed E-state index contributed by atoms with van der Waals surface area (Å²) < 4.78 is 27.5. The van der Waals surface area contributed by atoms with Crippen molar-refractivity contribution in [1.82, 2.24) is 10.6 Å². The van der Waals surface area contributed by atoms with Crippen molar-refractivity contribution in [3.05, 3.63) is 45.0 Å². The lowest BCUT2D eigenvalue weighted by Gasteiger charge is -2.14. The van der Waals surface area contributed by atoms with Crippen LogP contribution in [0.1, 0.15) is 5.56 Å². The Labute approximate surface area is 124 Å². The van der Waals surface area contributed by atoms with Crippen molar-refractivity contribution in [2.75, 3.05) is 6.54 Å². The van der Waals surface area contributed by atoms with Crippen LogP contribution < -0.4 is 10.6 Å². The first-order chi connectivity index (χ1) is 10.0. The first-order valence-corrected chi connectivity index (χ1v) is 6.54. The Bertz CT molecular complexity index is 593. The van der Waals surface area contributed by atoms with Crippen LogP contribution in [0.15, 0.2) is 23.3 Å². The lowest BCUT2D eigenvalue weighted by atomic mass is 10.1. The molecule has 6 nitrogen and oxygen atoms in total. The number of nitrogens with zero attached hydrogens (tertiary/aromatic N) is 3. The van der Waals surface area contributed by atoms with Crippen molar-refractivity contribution in [1.29, 1.82) is 0 Å². The van der Waals surface area contributed by atoms with Crippen molar-refractivity contribution in [3.63, 3.8) is 0 Å². The summed E-state index contributed by atoms with van der Waals surface area (Å²) in [5.74, 6) is -1.25. The summed E-state index contributed by atoms with van der Waals surface area (Å²) >= 11 is 5.63. The van der Waals surface area contributed by atoms with Crippen molar-refractivity contribution < 1.29 is 13.6 Å². The maximum absolute atomic E-state index is 13.9. The Morgan fingerprint density at radius 2 is 2.38 bits per heavy atom. The van der Waals surface area contributed by atoms with Crippen LogP contribution in [-0.2, 0) is 11.3 Å². The monoisotopic (exact) mass is 315 g/mol. The molecule has 0 unspecified atom stereocenters. The molecule has 0 spiro atoms. The molecule has 3 atom stereocenters. The Morgan fingerprint density at radius 3 is 3.10 bits per heavy atom. The molecule has 1 aliphatic heterocycles. The van der Waals surface area contributed by atoms with Crippen molar-refractivity contribution in [3.8, 4) is 0 Å². The summed E-state index contributed by atoms with van der Waals surface area (Å²) in [5, 5.41) is 8.28. The van der Waals surface area contributed by atoms with E-state index in [9.17, 15) is 13.6 Å². The fourth-order valence-electron chi connectivity index (χ4n) is 2.08. The number of hydrogen-bond acceptors (Lipinski definition) is 3. The molecule has 9 heteroatoms. The van der Waals surface area contributed by atoms with Gasteiger partial charge in [-0.05, 0) is 11.6 Å². The molecule has 1 aromatic rings. The predicted octanol–water partition coefficient (Wildman–Crippen LogP) is 2.08. The van der Waals surface area contributed by atoms with E-state index in [1.165, 1.54) is 12.1 Å². The highest BCUT2D eigenvalue weighted by atomic mass is 35.5. The van der Waals surface area contributed by atoms with Gasteiger partial charge in [0.25, 0.3) is 0 Å². The van der Waals surface area contributed by atoms with Crippen LogP contribution in [0.4, 0.5) is 8.78 Å². The van der Waals surface area contributed by atoms with Gasteiger partial charge < -0.3 is 10.6 Å². The molecule has 0 aliphatic carbocycles. The van der Waals surface area contributed by atoms with E-state index in [1.807, 2.05) is 0 Å². The number of hydrogen-bond donors (Lipinski definition) is 2. The summed E-state index contributed by atoms with van der Waals surface area (Å²) in [6, 6.07) is 2.37. The van der Waals surface area contributed by atoms with Crippen LogP contribution in [0.2, 0.25) is 5.02 Å². The zero-order chi connectivity index (χ0) is 15.4. The maximum Gasteiger partial charge on any atom is 0.240 e. The highest BCUT2D eigenvalue weighted by molar-refractivity contribution is 6.30. The SMILES string of the molecule is [N-]=[N+]=N[C@@H]1CN[C@H](C(=O)NCc2cccc(Cl)c2F)[C@H]1F. The largest absolute Gasteiger partial charge is 0.350 e. The second-order valence-electron chi connectivity index (χ2n) is 4.53. The molecule has 1 aromatic carbocycles. The maximum atomic E-state index is 13.9.